The highest BCUT2D eigenvalue weighted by Gasteiger charge is 2.27. The van der Waals surface area contributed by atoms with Crippen LogP contribution in [0, 0.1) is 0 Å². The Morgan fingerprint density at radius 3 is 2.58 bits per heavy atom. The number of carbonyl (C=O) groups is 1. The Bertz CT molecular complexity index is 843. The molecule has 2 aromatic carbocycles. The van der Waals surface area contributed by atoms with Crippen LogP contribution < -0.4 is 0 Å². The van der Waals surface area contributed by atoms with Gasteiger partial charge in [0.05, 0.1) is 5.69 Å². The highest BCUT2D eigenvalue weighted by atomic mass is 16.2. The van der Waals surface area contributed by atoms with E-state index in [9.17, 15) is 4.79 Å². The molecule has 1 saturated heterocycles. The number of hydrogen-bond donors (Lipinski definition) is 0. The molecule has 0 saturated carbocycles. The SMILES string of the molecule is O=C(c1ccc(-n2cncn2)cc1)N1CCCC[C@H]1Cc1ccccc1. The van der Waals surface area contributed by atoms with E-state index in [0.29, 0.717) is 0 Å². The summed E-state index contributed by atoms with van der Waals surface area (Å²) in [4.78, 5) is 19.1. The Hall–Kier alpha value is -2.95. The fourth-order valence-corrected chi connectivity index (χ4v) is 3.63. The molecule has 2 heterocycles. The summed E-state index contributed by atoms with van der Waals surface area (Å²) in [5.41, 5.74) is 2.92. The van der Waals surface area contributed by atoms with Gasteiger partial charge in [0, 0.05) is 18.2 Å². The molecule has 132 valence electrons. The van der Waals surface area contributed by atoms with E-state index in [-0.39, 0.29) is 11.9 Å². The summed E-state index contributed by atoms with van der Waals surface area (Å²) in [7, 11) is 0. The molecule has 26 heavy (non-hydrogen) atoms. The second-order valence-electron chi connectivity index (χ2n) is 6.72. The highest BCUT2D eigenvalue weighted by molar-refractivity contribution is 5.94. The van der Waals surface area contributed by atoms with Crippen molar-refractivity contribution in [3.05, 3.63) is 78.4 Å². The summed E-state index contributed by atoms with van der Waals surface area (Å²) >= 11 is 0. The first kappa shape index (κ1) is 16.5. The molecule has 0 N–H and O–H groups in total. The van der Waals surface area contributed by atoms with Gasteiger partial charge in [0.1, 0.15) is 12.7 Å². The van der Waals surface area contributed by atoms with Gasteiger partial charge in [-0.2, -0.15) is 5.10 Å². The molecule has 0 spiro atoms. The molecule has 0 aliphatic carbocycles. The van der Waals surface area contributed by atoms with Gasteiger partial charge in [-0.05, 0) is 55.5 Å². The summed E-state index contributed by atoms with van der Waals surface area (Å²) in [6.45, 7) is 0.834. The minimum atomic E-state index is 0.121. The third kappa shape index (κ3) is 3.52. The number of likely N-dealkylation sites (tertiary alicyclic amines) is 1. The number of piperidine rings is 1. The number of amides is 1. The van der Waals surface area contributed by atoms with Crippen molar-refractivity contribution in [1.82, 2.24) is 19.7 Å². The van der Waals surface area contributed by atoms with Gasteiger partial charge in [-0.3, -0.25) is 4.79 Å². The highest BCUT2D eigenvalue weighted by Crippen LogP contribution is 2.23. The van der Waals surface area contributed by atoms with Gasteiger partial charge in [-0.1, -0.05) is 30.3 Å². The van der Waals surface area contributed by atoms with Crippen LogP contribution in [0.1, 0.15) is 35.2 Å². The van der Waals surface area contributed by atoms with Crippen LogP contribution in [0.4, 0.5) is 0 Å². The standard InChI is InChI=1S/C21H22N4O/c26-21(18-9-11-19(12-10-18)25-16-22-15-23-25)24-13-5-4-8-20(24)14-17-6-2-1-3-7-17/h1-3,6-7,9-12,15-16,20H,4-5,8,13-14H2/t20-/m0/s1. The second kappa shape index (κ2) is 7.52. The summed E-state index contributed by atoms with van der Waals surface area (Å²) < 4.78 is 1.69. The van der Waals surface area contributed by atoms with E-state index in [2.05, 4.69) is 39.2 Å². The van der Waals surface area contributed by atoms with Gasteiger partial charge in [-0.15, -0.1) is 0 Å². The molecule has 1 fully saturated rings. The lowest BCUT2D eigenvalue weighted by atomic mass is 9.95. The van der Waals surface area contributed by atoms with Crippen molar-refractivity contribution < 1.29 is 4.79 Å². The summed E-state index contributed by atoms with van der Waals surface area (Å²) in [5.74, 6) is 0.121. The van der Waals surface area contributed by atoms with Gasteiger partial charge in [0.15, 0.2) is 0 Å². The number of rotatable bonds is 4. The molecule has 1 aliphatic rings. The van der Waals surface area contributed by atoms with Crippen LogP contribution in [-0.2, 0) is 6.42 Å². The third-order valence-electron chi connectivity index (χ3n) is 5.00. The van der Waals surface area contributed by atoms with Crippen molar-refractivity contribution in [1.29, 1.82) is 0 Å². The van der Waals surface area contributed by atoms with E-state index in [4.69, 9.17) is 0 Å². The van der Waals surface area contributed by atoms with Crippen molar-refractivity contribution in [2.24, 2.45) is 0 Å². The van der Waals surface area contributed by atoms with E-state index in [1.54, 1.807) is 11.0 Å². The van der Waals surface area contributed by atoms with E-state index in [1.165, 1.54) is 18.3 Å². The molecular formula is C21H22N4O. The lowest BCUT2D eigenvalue weighted by Gasteiger charge is -2.36. The average Bonchev–Trinajstić information content (AvgIpc) is 3.24. The maximum atomic E-state index is 13.1. The topological polar surface area (TPSA) is 51.0 Å². The van der Waals surface area contributed by atoms with Gasteiger partial charge < -0.3 is 4.90 Å². The number of nitrogens with zero attached hydrogens (tertiary/aromatic N) is 4. The first-order chi connectivity index (χ1) is 12.8. The quantitative estimate of drug-likeness (QED) is 0.726. The molecule has 1 atom stereocenters. The molecular weight excluding hydrogens is 324 g/mol. The van der Waals surface area contributed by atoms with Gasteiger partial charge in [0.2, 0.25) is 0 Å². The molecule has 0 radical (unpaired) electrons. The first-order valence-corrected chi connectivity index (χ1v) is 9.11. The van der Waals surface area contributed by atoms with E-state index < -0.39 is 0 Å². The number of carbonyl (C=O) groups excluding carboxylic acids is 1. The van der Waals surface area contributed by atoms with Gasteiger partial charge in [0.25, 0.3) is 5.91 Å². The predicted molar refractivity (Wildman–Crippen MR) is 100 cm³/mol. The van der Waals surface area contributed by atoms with Crippen LogP contribution in [0.15, 0.2) is 67.3 Å². The Balaban J connectivity index is 1.51. The summed E-state index contributed by atoms with van der Waals surface area (Å²) in [5, 5.41) is 4.12. The third-order valence-corrected chi connectivity index (χ3v) is 5.00. The Kier molecular flexibility index (Phi) is 4.78. The maximum absolute atomic E-state index is 13.1. The Labute approximate surface area is 153 Å². The molecule has 3 aromatic rings. The molecule has 5 nitrogen and oxygen atoms in total. The van der Waals surface area contributed by atoms with E-state index in [0.717, 1.165) is 37.1 Å². The van der Waals surface area contributed by atoms with Crippen LogP contribution >= 0.6 is 0 Å². The van der Waals surface area contributed by atoms with Crippen molar-refractivity contribution in [3.8, 4) is 5.69 Å². The van der Waals surface area contributed by atoms with Gasteiger partial charge >= 0.3 is 0 Å². The molecule has 5 heteroatoms. The molecule has 1 aromatic heterocycles. The largest absolute Gasteiger partial charge is 0.335 e. The molecule has 1 aliphatic heterocycles. The van der Waals surface area contributed by atoms with E-state index >= 15 is 0 Å². The van der Waals surface area contributed by atoms with Crippen LogP contribution in [0.3, 0.4) is 0 Å². The van der Waals surface area contributed by atoms with Crippen molar-refractivity contribution >= 4 is 5.91 Å². The predicted octanol–water partition coefficient (Wildman–Crippen LogP) is 3.50. The monoisotopic (exact) mass is 346 g/mol. The van der Waals surface area contributed by atoms with Crippen LogP contribution in [-0.4, -0.2) is 38.2 Å². The van der Waals surface area contributed by atoms with E-state index in [1.807, 2.05) is 30.3 Å². The molecule has 4 rings (SSSR count). The average molecular weight is 346 g/mol. The minimum Gasteiger partial charge on any atom is -0.335 e. The lowest BCUT2D eigenvalue weighted by Crippen LogP contribution is -2.44. The Morgan fingerprint density at radius 2 is 1.85 bits per heavy atom. The fourth-order valence-electron chi connectivity index (χ4n) is 3.63. The smallest absolute Gasteiger partial charge is 0.254 e. The Morgan fingerprint density at radius 1 is 1.04 bits per heavy atom. The second-order valence-corrected chi connectivity index (χ2v) is 6.72. The van der Waals surface area contributed by atoms with Crippen molar-refractivity contribution in [3.63, 3.8) is 0 Å². The lowest BCUT2D eigenvalue weighted by molar-refractivity contribution is 0.0613. The zero-order chi connectivity index (χ0) is 17.8. The number of aromatic nitrogens is 3. The molecule has 1 amide bonds. The van der Waals surface area contributed by atoms with Crippen molar-refractivity contribution in [2.45, 2.75) is 31.7 Å². The van der Waals surface area contributed by atoms with Crippen LogP contribution in [0.5, 0.6) is 0 Å². The summed E-state index contributed by atoms with van der Waals surface area (Å²) in [6.07, 6.45) is 7.40. The number of benzene rings is 2. The zero-order valence-corrected chi connectivity index (χ0v) is 14.7. The number of hydrogen-bond acceptors (Lipinski definition) is 3. The molecule has 0 bridgehead atoms. The zero-order valence-electron chi connectivity index (χ0n) is 14.7. The minimum absolute atomic E-state index is 0.121. The maximum Gasteiger partial charge on any atom is 0.254 e. The first-order valence-electron chi connectivity index (χ1n) is 9.11. The fraction of sp³-hybridized carbons (Fsp3) is 0.286. The van der Waals surface area contributed by atoms with Gasteiger partial charge in [-0.25, -0.2) is 9.67 Å². The summed E-state index contributed by atoms with van der Waals surface area (Å²) in [6, 6.07) is 18.3. The molecule has 0 unspecified atom stereocenters. The van der Waals surface area contributed by atoms with Crippen LogP contribution in [0.2, 0.25) is 0 Å². The van der Waals surface area contributed by atoms with Crippen LogP contribution in [0.25, 0.3) is 5.69 Å². The van der Waals surface area contributed by atoms with Crippen molar-refractivity contribution in [2.75, 3.05) is 6.54 Å². The normalized spacial score (nSPS) is 17.2.